The fraction of sp³-hybridized carbons (Fsp3) is 0.421. The van der Waals surface area contributed by atoms with E-state index >= 15 is 0 Å². The number of ether oxygens (including phenoxy) is 1. The lowest BCUT2D eigenvalue weighted by Crippen LogP contribution is -2.52. The zero-order valence-corrected chi connectivity index (χ0v) is 29.5. The molecular weight excluding hydrogens is 630 g/mol. The number of aromatic nitrogens is 5. The number of nitrogens with one attached hydrogen (secondary N) is 2. The molecule has 5 aromatic rings. The minimum atomic E-state index is -0.283. The number of likely N-dealkylation sites (N-methyl/N-ethyl adjacent to an activating group) is 1. The zero-order valence-electron chi connectivity index (χ0n) is 29.5. The molecule has 12 nitrogen and oxygen atoms in total. The fourth-order valence-corrected chi connectivity index (χ4v) is 6.86. The van der Waals surface area contributed by atoms with Gasteiger partial charge in [-0.2, -0.15) is 5.10 Å². The molecule has 2 aliphatic rings. The normalized spacial score (nSPS) is 20.1. The molecule has 0 saturated carbocycles. The first-order chi connectivity index (χ1) is 24.1. The number of amides is 2. The van der Waals surface area contributed by atoms with E-state index in [0.717, 1.165) is 77.8 Å². The van der Waals surface area contributed by atoms with Gasteiger partial charge in [-0.25, -0.2) is 9.48 Å². The van der Waals surface area contributed by atoms with E-state index in [9.17, 15) is 9.90 Å². The highest BCUT2D eigenvalue weighted by Crippen LogP contribution is 2.39. The number of aliphatic hydroxyl groups is 1. The third-order valence-electron chi connectivity index (χ3n) is 9.90. The van der Waals surface area contributed by atoms with Crippen molar-refractivity contribution in [3.8, 4) is 11.4 Å². The van der Waals surface area contributed by atoms with Gasteiger partial charge in [0.15, 0.2) is 11.5 Å². The summed E-state index contributed by atoms with van der Waals surface area (Å²) in [5, 5.41) is 29.8. The van der Waals surface area contributed by atoms with Crippen LogP contribution < -0.4 is 15.4 Å². The summed E-state index contributed by atoms with van der Waals surface area (Å²) in [7, 11) is 2.05. The predicted molar refractivity (Wildman–Crippen MR) is 193 cm³/mol. The first-order valence-corrected chi connectivity index (χ1v) is 17.4. The number of carbonyl (C=O) groups is 1. The Bertz CT molecular complexity index is 1960. The van der Waals surface area contributed by atoms with Gasteiger partial charge in [-0.15, -0.1) is 10.2 Å². The summed E-state index contributed by atoms with van der Waals surface area (Å²) in [5.41, 5.74) is 5.61. The second-order valence-corrected chi connectivity index (χ2v) is 14.6. The highest BCUT2D eigenvalue weighted by atomic mass is 16.5. The molecule has 1 aliphatic carbocycles. The number of pyridine rings is 1. The lowest BCUT2D eigenvalue weighted by Gasteiger charge is -2.38. The Kier molecular flexibility index (Phi) is 9.34. The summed E-state index contributed by atoms with van der Waals surface area (Å²) in [6, 6.07) is 21.8. The quantitative estimate of drug-likeness (QED) is 0.199. The maximum atomic E-state index is 13.6. The van der Waals surface area contributed by atoms with Crippen LogP contribution in [0.25, 0.3) is 11.3 Å². The molecule has 1 saturated heterocycles. The smallest absolute Gasteiger partial charge is 0.320 e. The molecule has 2 amide bonds. The van der Waals surface area contributed by atoms with Gasteiger partial charge in [0, 0.05) is 37.2 Å². The average Bonchev–Trinajstić information content (AvgIpc) is 3.71. The van der Waals surface area contributed by atoms with Crippen LogP contribution in [0.4, 0.5) is 10.6 Å². The average molecular weight is 678 g/mol. The Morgan fingerprint density at radius 2 is 1.78 bits per heavy atom. The maximum absolute atomic E-state index is 13.6. The van der Waals surface area contributed by atoms with E-state index in [1.807, 2.05) is 72.1 Å². The summed E-state index contributed by atoms with van der Waals surface area (Å²) in [6.07, 6.45) is 3.24. The molecule has 12 heteroatoms. The van der Waals surface area contributed by atoms with Crippen molar-refractivity contribution in [1.82, 2.24) is 39.5 Å². The van der Waals surface area contributed by atoms with E-state index in [2.05, 4.69) is 70.6 Å². The van der Waals surface area contributed by atoms with Gasteiger partial charge in [0.05, 0.1) is 36.8 Å². The number of piperazine rings is 1. The number of anilines is 1. The molecule has 1 fully saturated rings. The third-order valence-corrected chi connectivity index (χ3v) is 9.90. The molecule has 2 aromatic carbocycles. The predicted octanol–water partition coefficient (Wildman–Crippen LogP) is 5.41. The van der Waals surface area contributed by atoms with Gasteiger partial charge in [0.1, 0.15) is 17.7 Å². The van der Waals surface area contributed by atoms with Crippen LogP contribution in [0.3, 0.4) is 0 Å². The Morgan fingerprint density at radius 1 is 1.00 bits per heavy atom. The van der Waals surface area contributed by atoms with Crippen LogP contribution in [-0.2, 0) is 12.0 Å². The molecule has 3 atom stereocenters. The summed E-state index contributed by atoms with van der Waals surface area (Å²) in [5.74, 6) is 2.18. The number of fused-ring (bicyclic) bond motifs is 2. The Hall–Kier alpha value is -4.78. The summed E-state index contributed by atoms with van der Waals surface area (Å²) in [6.45, 7) is 11.7. The van der Waals surface area contributed by atoms with Crippen LogP contribution in [-0.4, -0.2) is 84.6 Å². The lowest BCUT2D eigenvalue weighted by atomic mass is 9.85. The number of urea groups is 1. The number of hydrogen-bond donors (Lipinski definition) is 3. The minimum absolute atomic E-state index is 0.112. The molecular formula is C38H47N9O3. The van der Waals surface area contributed by atoms with E-state index in [1.165, 1.54) is 0 Å². The van der Waals surface area contributed by atoms with Crippen molar-refractivity contribution < 1.29 is 14.6 Å². The first kappa shape index (κ1) is 33.7. The minimum Gasteiger partial charge on any atom is -0.484 e. The van der Waals surface area contributed by atoms with Crippen LogP contribution in [0, 0.1) is 6.92 Å². The molecule has 4 heterocycles. The molecule has 50 heavy (non-hydrogen) atoms. The van der Waals surface area contributed by atoms with Gasteiger partial charge in [-0.05, 0) is 62.2 Å². The van der Waals surface area contributed by atoms with Crippen LogP contribution in [0.5, 0.6) is 5.75 Å². The molecule has 262 valence electrons. The Labute approximate surface area is 293 Å². The highest BCUT2D eigenvalue weighted by Gasteiger charge is 2.31. The fourth-order valence-electron chi connectivity index (χ4n) is 6.86. The molecule has 1 unspecified atom stereocenters. The summed E-state index contributed by atoms with van der Waals surface area (Å²) in [4.78, 5) is 18.1. The summed E-state index contributed by atoms with van der Waals surface area (Å²) >= 11 is 0. The van der Waals surface area contributed by atoms with E-state index in [1.54, 1.807) is 4.68 Å². The Morgan fingerprint density at radius 3 is 2.54 bits per heavy atom. The first-order valence-electron chi connectivity index (χ1n) is 17.4. The van der Waals surface area contributed by atoms with Gasteiger partial charge in [0.25, 0.3) is 0 Å². The van der Waals surface area contributed by atoms with Crippen molar-refractivity contribution in [2.45, 2.75) is 70.7 Å². The SMILES string of the molecule is Cc1ccc(-n2nc(C(C)(C)C)cc2NC(=O)N[C@H]2CC[C@@H](Oc3ccc4nnc(CN5CCN(C)C(CO)C5)n4c3)c3ccccc32)cc1. The second-order valence-electron chi connectivity index (χ2n) is 14.6. The van der Waals surface area contributed by atoms with Crippen molar-refractivity contribution >= 4 is 17.5 Å². The monoisotopic (exact) mass is 677 g/mol. The van der Waals surface area contributed by atoms with Crippen molar-refractivity contribution in [2.24, 2.45) is 0 Å². The molecule has 3 N–H and O–H groups in total. The molecule has 3 aromatic heterocycles. The van der Waals surface area contributed by atoms with Crippen molar-refractivity contribution in [3.63, 3.8) is 0 Å². The van der Waals surface area contributed by atoms with Gasteiger partial charge in [0.2, 0.25) is 0 Å². The molecule has 1 aliphatic heterocycles. The van der Waals surface area contributed by atoms with Gasteiger partial charge in [-0.3, -0.25) is 19.5 Å². The third kappa shape index (κ3) is 7.09. The second kappa shape index (κ2) is 13.9. The number of aryl methyl sites for hydroxylation is 1. The molecule has 0 radical (unpaired) electrons. The molecule has 0 spiro atoms. The number of rotatable bonds is 8. The number of carbonyl (C=O) groups excluding carboxylic acids is 1. The van der Waals surface area contributed by atoms with Crippen LogP contribution in [0.15, 0.2) is 72.9 Å². The van der Waals surface area contributed by atoms with E-state index in [4.69, 9.17) is 9.84 Å². The van der Waals surface area contributed by atoms with Crippen molar-refractivity contribution in [1.29, 1.82) is 0 Å². The zero-order chi connectivity index (χ0) is 35.0. The molecule has 7 rings (SSSR count). The van der Waals surface area contributed by atoms with Crippen molar-refractivity contribution in [2.75, 3.05) is 38.6 Å². The largest absolute Gasteiger partial charge is 0.484 e. The number of hydrogen-bond acceptors (Lipinski definition) is 8. The van der Waals surface area contributed by atoms with Gasteiger partial charge >= 0.3 is 6.03 Å². The van der Waals surface area contributed by atoms with E-state index in [0.29, 0.717) is 12.4 Å². The summed E-state index contributed by atoms with van der Waals surface area (Å²) < 4.78 is 10.4. The maximum Gasteiger partial charge on any atom is 0.320 e. The van der Waals surface area contributed by atoms with Crippen LogP contribution in [0.1, 0.15) is 74.0 Å². The topological polar surface area (TPSA) is 125 Å². The highest BCUT2D eigenvalue weighted by molar-refractivity contribution is 5.89. The van der Waals surface area contributed by atoms with Crippen molar-refractivity contribution in [3.05, 3.63) is 101 Å². The van der Waals surface area contributed by atoms with E-state index < -0.39 is 0 Å². The molecule has 0 bridgehead atoms. The number of benzene rings is 2. The van der Waals surface area contributed by atoms with Crippen LogP contribution in [0.2, 0.25) is 0 Å². The van der Waals surface area contributed by atoms with Gasteiger partial charge in [-0.1, -0.05) is 62.7 Å². The number of aliphatic hydroxyl groups excluding tert-OH is 1. The lowest BCUT2D eigenvalue weighted by molar-refractivity contribution is 0.0526. The Balaban J connectivity index is 1.06. The standard InChI is InChI=1S/C38H47N9O3/c1-25-10-12-26(13-11-25)47-35(20-33(43-47)38(2,3)4)40-37(49)39-31-15-16-32(30-9-7-6-8-29(30)31)50-28-14-17-34-41-42-36(46(34)22-28)23-45-19-18-44(5)27(21-45)24-48/h6-14,17,20,22,27,31-32,48H,15-16,18-19,21,23-24H2,1-5H3,(H2,39,40,49)/t27?,31-,32+/m0/s1. The van der Waals surface area contributed by atoms with E-state index in [-0.39, 0.29) is 36.2 Å². The number of nitrogens with zero attached hydrogens (tertiary/aromatic N) is 7. The van der Waals surface area contributed by atoms with Crippen LogP contribution >= 0.6 is 0 Å². The van der Waals surface area contributed by atoms with Gasteiger partial charge < -0.3 is 15.2 Å².